The lowest BCUT2D eigenvalue weighted by molar-refractivity contribution is -0.118. The Balaban J connectivity index is 1.86. The van der Waals surface area contributed by atoms with Crippen LogP contribution < -0.4 is 5.32 Å². The van der Waals surface area contributed by atoms with Crippen molar-refractivity contribution in [1.82, 2.24) is 20.1 Å². The van der Waals surface area contributed by atoms with Crippen LogP contribution in [-0.2, 0) is 9.53 Å². The van der Waals surface area contributed by atoms with Crippen LogP contribution >= 0.6 is 35.0 Å². The number of aromatic nitrogens is 3. The van der Waals surface area contributed by atoms with Crippen LogP contribution in [-0.4, -0.2) is 46.7 Å². The lowest BCUT2D eigenvalue weighted by Crippen LogP contribution is -2.26. The van der Waals surface area contributed by atoms with Gasteiger partial charge in [-0.1, -0.05) is 41.0 Å². The fourth-order valence-electron chi connectivity index (χ4n) is 2.73. The molecule has 1 heterocycles. The topological polar surface area (TPSA) is 69.0 Å². The van der Waals surface area contributed by atoms with Gasteiger partial charge in [-0.3, -0.25) is 9.36 Å². The van der Waals surface area contributed by atoms with Crippen LogP contribution in [0, 0.1) is 6.92 Å². The first kappa shape index (κ1) is 22.6. The van der Waals surface area contributed by atoms with E-state index >= 15 is 0 Å². The van der Waals surface area contributed by atoms with E-state index in [9.17, 15) is 4.79 Å². The molecular formula is C21H22Cl2N4O2S. The smallest absolute Gasteiger partial charge is 0.230 e. The summed E-state index contributed by atoms with van der Waals surface area (Å²) in [7, 11) is 1.64. The summed E-state index contributed by atoms with van der Waals surface area (Å²) in [5, 5.41) is 13.5. The van der Waals surface area contributed by atoms with E-state index in [-0.39, 0.29) is 11.7 Å². The second-order valence-electron chi connectivity index (χ2n) is 6.57. The number of amides is 1. The summed E-state index contributed by atoms with van der Waals surface area (Å²) >= 11 is 13.7. The molecule has 0 saturated carbocycles. The highest BCUT2D eigenvalue weighted by atomic mass is 35.5. The Morgan fingerprint density at radius 2 is 1.93 bits per heavy atom. The van der Waals surface area contributed by atoms with Gasteiger partial charge in [-0.15, -0.1) is 10.2 Å². The third kappa shape index (κ3) is 5.76. The second kappa shape index (κ2) is 10.8. The number of aryl methyl sites for hydroxylation is 1. The van der Waals surface area contributed by atoms with E-state index in [1.54, 1.807) is 19.2 Å². The molecule has 0 atom stereocenters. The first-order valence-electron chi connectivity index (χ1n) is 9.36. The highest BCUT2D eigenvalue weighted by Crippen LogP contribution is 2.30. The molecule has 0 bridgehead atoms. The van der Waals surface area contributed by atoms with E-state index in [1.165, 1.54) is 11.8 Å². The lowest BCUT2D eigenvalue weighted by Gasteiger charge is -2.12. The number of carbonyl (C=O) groups is 1. The normalized spacial score (nSPS) is 10.9. The van der Waals surface area contributed by atoms with Crippen LogP contribution in [0.25, 0.3) is 17.1 Å². The lowest BCUT2D eigenvalue weighted by atomic mass is 10.2. The number of hydrogen-bond donors (Lipinski definition) is 1. The third-order valence-electron chi connectivity index (χ3n) is 4.33. The molecule has 1 aromatic heterocycles. The fraction of sp³-hybridized carbons (Fsp3) is 0.286. The number of nitrogens with zero attached hydrogens (tertiary/aromatic N) is 3. The van der Waals surface area contributed by atoms with Gasteiger partial charge in [-0.25, -0.2) is 0 Å². The molecule has 0 aliphatic rings. The molecule has 0 aliphatic heterocycles. The minimum Gasteiger partial charge on any atom is -0.385 e. The maximum atomic E-state index is 12.2. The zero-order valence-electron chi connectivity index (χ0n) is 16.7. The summed E-state index contributed by atoms with van der Waals surface area (Å²) in [5.74, 6) is 0.806. The Morgan fingerprint density at radius 1 is 1.17 bits per heavy atom. The van der Waals surface area contributed by atoms with Crippen LogP contribution in [0.4, 0.5) is 0 Å². The molecule has 0 aliphatic carbocycles. The van der Waals surface area contributed by atoms with Crippen LogP contribution in [0.1, 0.15) is 12.0 Å². The number of rotatable bonds is 9. The minimum absolute atomic E-state index is 0.0689. The Bertz CT molecular complexity index is 1010. The third-order valence-corrected chi connectivity index (χ3v) is 5.92. The highest BCUT2D eigenvalue weighted by molar-refractivity contribution is 7.99. The van der Waals surface area contributed by atoms with Crippen molar-refractivity contribution in [3.8, 4) is 17.1 Å². The molecule has 2 aromatic carbocycles. The Hall–Kier alpha value is -2.06. The molecule has 1 N–H and O–H groups in total. The number of thioether (sulfide) groups is 1. The number of halogens is 2. The first-order chi connectivity index (χ1) is 14.5. The molecule has 6 nitrogen and oxygen atoms in total. The first-order valence-corrected chi connectivity index (χ1v) is 11.1. The number of nitrogens with one attached hydrogen (secondary N) is 1. The standard InChI is InChI=1S/C21H22Cl2N4O2S/c1-14-4-9-17(12-18(14)23)27-20(15-5-7-16(22)8-6-15)25-26-21(27)30-13-19(28)24-10-3-11-29-2/h4-9,12H,3,10-11,13H2,1-2H3,(H,24,28). The second-order valence-corrected chi connectivity index (χ2v) is 8.35. The fourth-order valence-corrected chi connectivity index (χ4v) is 3.81. The van der Waals surface area contributed by atoms with Gasteiger partial charge in [0.2, 0.25) is 5.91 Å². The molecule has 9 heteroatoms. The van der Waals surface area contributed by atoms with Crippen molar-refractivity contribution in [2.24, 2.45) is 0 Å². The largest absolute Gasteiger partial charge is 0.385 e. The molecule has 3 rings (SSSR count). The summed E-state index contributed by atoms with van der Waals surface area (Å²) < 4.78 is 6.89. The average Bonchev–Trinajstić information content (AvgIpc) is 3.16. The number of carbonyl (C=O) groups excluding carboxylic acids is 1. The molecular weight excluding hydrogens is 443 g/mol. The molecule has 0 unspecified atom stereocenters. The van der Waals surface area contributed by atoms with Crippen molar-refractivity contribution in [3.63, 3.8) is 0 Å². The van der Waals surface area contributed by atoms with Crippen LogP contribution in [0.2, 0.25) is 10.0 Å². The van der Waals surface area contributed by atoms with E-state index in [0.717, 1.165) is 23.2 Å². The molecule has 0 spiro atoms. The van der Waals surface area contributed by atoms with Gasteiger partial charge in [0.25, 0.3) is 0 Å². The summed E-state index contributed by atoms with van der Waals surface area (Å²) in [5.41, 5.74) is 2.66. The van der Waals surface area contributed by atoms with E-state index in [2.05, 4.69) is 15.5 Å². The van der Waals surface area contributed by atoms with Crippen LogP contribution in [0.15, 0.2) is 47.6 Å². The van der Waals surface area contributed by atoms with Gasteiger partial charge in [0.1, 0.15) is 0 Å². The van der Waals surface area contributed by atoms with Gasteiger partial charge in [-0.2, -0.15) is 0 Å². The van der Waals surface area contributed by atoms with Gasteiger partial charge < -0.3 is 10.1 Å². The van der Waals surface area contributed by atoms with Gasteiger partial charge in [0.15, 0.2) is 11.0 Å². The Labute approximate surface area is 189 Å². The van der Waals surface area contributed by atoms with E-state index in [0.29, 0.717) is 34.2 Å². The highest BCUT2D eigenvalue weighted by Gasteiger charge is 2.18. The van der Waals surface area contributed by atoms with Crippen LogP contribution in [0.5, 0.6) is 0 Å². The predicted octanol–water partition coefficient (Wildman–Crippen LogP) is 4.79. The van der Waals surface area contributed by atoms with Gasteiger partial charge >= 0.3 is 0 Å². The zero-order valence-corrected chi connectivity index (χ0v) is 19.0. The van der Waals surface area contributed by atoms with Gasteiger partial charge in [-0.05, 0) is 55.3 Å². The van der Waals surface area contributed by atoms with Crippen molar-refractivity contribution in [3.05, 3.63) is 58.1 Å². The minimum atomic E-state index is -0.0689. The molecule has 158 valence electrons. The summed E-state index contributed by atoms with van der Waals surface area (Å²) in [4.78, 5) is 12.2. The van der Waals surface area contributed by atoms with Crippen molar-refractivity contribution < 1.29 is 9.53 Å². The van der Waals surface area contributed by atoms with Crippen molar-refractivity contribution in [2.45, 2.75) is 18.5 Å². The Morgan fingerprint density at radius 3 is 2.63 bits per heavy atom. The van der Waals surface area contributed by atoms with Crippen LogP contribution in [0.3, 0.4) is 0 Å². The van der Waals surface area contributed by atoms with Gasteiger partial charge in [0.05, 0.1) is 11.4 Å². The average molecular weight is 465 g/mol. The number of methoxy groups -OCH3 is 1. The molecule has 0 saturated heterocycles. The van der Waals surface area contributed by atoms with E-state index < -0.39 is 0 Å². The summed E-state index contributed by atoms with van der Waals surface area (Å²) in [6.07, 6.45) is 0.770. The maximum absolute atomic E-state index is 12.2. The SMILES string of the molecule is COCCCNC(=O)CSc1nnc(-c2ccc(Cl)cc2)n1-c1ccc(C)c(Cl)c1. The molecule has 0 fully saturated rings. The van der Waals surface area contributed by atoms with Crippen molar-refractivity contribution >= 4 is 40.9 Å². The zero-order chi connectivity index (χ0) is 21.5. The number of ether oxygens (including phenoxy) is 1. The van der Waals surface area contributed by atoms with Crippen molar-refractivity contribution in [2.75, 3.05) is 26.0 Å². The summed E-state index contributed by atoms with van der Waals surface area (Å²) in [6, 6.07) is 13.1. The maximum Gasteiger partial charge on any atom is 0.230 e. The van der Waals surface area contributed by atoms with Crippen molar-refractivity contribution in [1.29, 1.82) is 0 Å². The number of hydrogen-bond acceptors (Lipinski definition) is 5. The van der Waals surface area contributed by atoms with E-state index in [4.69, 9.17) is 27.9 Å². The monoisotopic (exact) mass is 464 g/mol. The Kier molecular flexibility index (Phi) is 8.16. The molecule has 3 aromatic rings. The predicted molar refractivity (Wildman–Crippen MR) is 122 cm³/mol. The van der Waals surface area contributed by atoms with Gasteiger partial charge in [0, 0.05) is 35.9 Å². The molecule has 1 amide bonds. The molecule has 0 radical (unpaired) electrons. The van der Waals surface area contributed by atoms with E-state index in [1.807, 2.05) is 41.8 Å². The molecule has 30 heavy (non-hydrogen) atoms. The number of benzene rings is 2. The summed E-state index contributed by atoms with van der Waals surface area (Å²) in [6.45, 7) is 3.13. The quantitative estimate of drug-likeness (QED) is 0.363.